The van der Waals surface area contributed by atoms with E-state index in [9.17, 15) is 0 Å². The van der Waals surface area contributed by atoms with Gasteiger partial charge in [-0.05, 0) is 23.5 Å². The summed E-state index contributed by atoms with van der Waals surface area (Å²) in [6.07, 6.45) is 0. The van der Waals surface area contributed by atoms with E-state index in [-0.39, 0.29) is 10.7 Å². The minimum atomic E-state index is 0.144. The Morgan fingerprint density at radius 1 is 1.20 bits per heavy atom. The lowest BCUT2D eigenvalue weighted by Gasteiger charge is -2.28. The summed E-state index contributed by atoms with van der Waals surface area (Å²) in [7, 11) is 0. The molecule has 1 unspecified atom stereocenters. The smallest absolute Gasteiger partial charge is 0.0315 e. The second-order valence-electron chi connectivity index (χ2n) is 5.16. The molecule has 0 aliphatic rings. The highest BCUT2D eigenvalue weighted by Gasteiger charge is 2.24. The third-order valence-electron chi connectivity index (χ3n) is 2.57. The highest BCUT2D eigenvalue weighted by molar-refractivity contribution is 7.81. The third kappa shape index (κ3) is 3.13. The van der Waals surface area contributed by atoms with Crippen LogP contribution in [-0.4, -0.2) is 5.25 Å². The van der Waals surface area contributed by atoms with Gasteiger partial charge in [-0.3, -0.25) is 0 Å². The first kappa shape index (κ1) is 12.4. The van der Waals surface area contributed by atoms with Crippen molar-refractivity contribution in [2.24, 2.45) is 5.41 Å². The molecule has 0 heterocycles. The molecule has 0 radical (unpaired) electrons. The van der Waals surface area contributed by atoms with E-state index in [0.717, 1.165) is 5.57 Å². The standard InChI is InChI=1S/C14H20S/c1-10-6-8-12(9-7-10)11(2)13(15)14(3,4)5/h6-9,13,15H,2H2,1,3-5H3. The maximum atomic E-state index is 4.64. The van der Waals surface area contributed by atoms with Crippen molar-refractivity contribution in [1.29, 1.82) is 0 Å². The van der Waals surface area contributed by atoms with Gasteiger partial charge in [0.1, 0.15) is 0 Å². The molecule has 0 saturated carbocycles. The van der Waals surface area contributed by atoms with Crippen molar-refractivity contribution < 1.29 is 0 Å². The van der Waals surface area contributed by atoms with E-state index in [2.05, 4.69) is 71.2 Å². The van der Waals surface area contributed by atoms with Crippen LogP contribution in [0, 0.1) is 12.3 Å². The molecule has 0 spiro atoms. The highest BCUT2D eigenvalue weighted by atomic mass is 32.1. The van der Waals surface area contributed by atoms with Gasteiger partial charge in [-0.2, -0.15) is 12.6 Å². The zero-order valence-corrected chi connectivity index (χ0v) is 10.9. The average Bonchev–Trinajstić information content (AvgIpc) is 2.15. The van der Waals surface area contributed by atoms with Crippen LogP contribution in [0.1, 0.15) is 31.9 Å². The molecule has 0 saturated heterocycles. The lowest BCUT2D eigenvalue weighted by Crippen LogP contribution is -2.21. The first-order chi connectivity index (χ1) is 6.82. The lowest BCUT2D eigenvalue weighted by molar-refractivity contribution is 0.440. The van der Waals surface area contributed by atoms with Crippen molar-refractivity contribution in [3.8, 4) is 0 Å². The summed E-state index contributed by atoms with van der Waals surface area (Å²) in [6, 6.07) is 8.46. The minimum absolute atomic E-state index is 0.144. The van der Waals surface area contributed by atoms with Crippen LogP contribution in [0.3, 0.4) is 0 Å². The van der Waals surface area contributed by atoms with Crippen LogP contribution in [0.5, 0.6) is 0 Å². The van der Waals surface area contributed by atoms with Crippen LogP contribution in [0.4, 0.5) is 0 Å². The van der Waals surface area contributed by atoms with Gasteiger partial charge in [-0.25, -0.2) is 0 Å². The summed E-state index contributed by atoms with van der Waals surface area (Å²) in [5.41, 5.74) is 3.71. The Labute approximate surface area is 98.8 Å². The molecule has 15 heavy (non-hydrogen) atoms. The molecule has 0 amide bonds. The van der Waals surface area contributed by atoms with Crippen LogP contribution in [-0.2, 0) is 0 Å². The molecular weight excluding hydrogens is 200 g/mol. The number of aryl methyl sites for hydroxylation is 1. The SMILES string of the molecule is C=C(c1ccc(C)cc1)C(S)C(C)(C)C. The molecule has 1 aromatic carbocycles. The third-order valence-corrected chi connectivity index (χ3v) is 3.66. The summed E-state index contributed by atoms with van der Waals surface area (Å²) in [6.45, 7) is 12.8. The van der Waals surface area contributed by atoms with Crippen molar-refractivity contribution in [2.45, 2.75) is 32.9 Å². The zero-order valence-electron chi connectivity index (χ0n) is 10.0. The van der Waals surface area contributed by atoms with Gasteiger partial charge in [-0.1, -0.05) is 57.2 Å². The van der Waals surface area contributed by atoms with Gasteiger partial charge in [0.2, 0.25) is 0 Å². The van der Waals surface area contributed by atoms with Gasteiger partial charge in [-0.15, -0.1) is 0 Å². The van der Waals surface area contributed by atoms with Gasteiger partial charge in [0.05, 0.1) is 0 Å². The van der Waals surface area contributed by atoms with E-state index in [0.29, 0.717) is 0 Å². The molecule has 0 fully saturated rings. The van der Waals surface area contributed by atoms with E-state index in [1.807, 2.05) is 0 Å². The van der Waals surface area contributed by atoms with Crippen molar-refractivity contribution >= 4 is 18.2 Å². The molecular formula is C14H20S. The van der Waals surface area contributed by atoms with Crippen LogP contribution < -0.4 is 0 Å². The quantitative estimate of drug-likeness (QED) is 0.704. The first-order valence-electron chi connectivity index (χ1n) is 5.26. The molecule has 82 valence electrons. The van der Waals surface area contributed by atoms with Gasteiger partial charge < -0.3 is 0 Å². The minimum Gasteiger partial charge on any atom is -0.171 e. The second-order valence-corrected chi connectivity index (χ2v) is 5.68. The summed E-state index contributed by atoms with van der Waals surface area (Å²) in [4.78, 5) is 0. The summed E-state index contributed by atoms with van der Waals surface area (Å²) in [5, 5.41) is 0.195. The van der Waals surface area contributed by atoms with Gasteiger partial charge in [0, 0.05) is 5.25 Å². The Morgan fingerprint density at radius 2 is 1.67 bits per heavy atom. The first-order valence-corrected chi connectivity index (χ1v) is 5.78. The molecule has 0 N–H and O–H groups in total. The maximum Gasteiger partial charge on any atom is 0.0315 e. The van der Waals surface area contributed by atoms with Crippen molar-refractivity contribution in [3.63, 3.8) is 0 Å². The van der Waals surface area contributed by atoms with Crippen molar-refractivity contribution in [1.82, 2.24) is 0 Å². The molecule has 0 aliphatic carbocycles. The van der Waals surface area contributed by atoms with Gasteiger partial charge >= 0.3 is 0 Å². The molecule has 1 atom stereocenters. The molecule has 0 bridgehead atoms. The second kappa shape index (κ2) is 4.44. The molecule has 1 rings (SSSR count). The van der Waals surface area contributed by atoms with Crippen molar-refractivity contribution in [3.05, 3.63) is 42.0 Å². The number of hydrogen-bond donors (Lipinski definition) is 1. The Kier molecular flexibility index (Phi) is 3.67. The van der Waals surface area contributed by atoms with E-state index < -0.39 is 0 Å². The van der Waals surface area contributed by atoms with E-state index in [1.54, 1.807) is 0 Å². The molecule has 0 nitrogen and oxygen atoms in total. The number of rotatable bonds is 2. The molecule has 0 aromatic heterocycles. The fraction of sp³-hybridized carbons (Fsp3) is 0.429. The predicted octanol–water partition coefficient (Wildman–Crippen LogP) is 4.35. The molecule has 0 aliphatic heterocycles. The normalized spacial score (nSPS) is 13.7. The Hall–Kier alpha value is -0.690. The van der Waals surface area contributed by atoms with E-state index in [4.69, 9.17) is 0 Å². The van der Waals surface area contributed by atoms with E-state index in [1.165, 1.54) is 11.1 Å². The summed E-state index contributed by atoms with van der Waals surface area (Å²) < 4.78 is 0. The van der Waals surface area contributed by atoms with E-state index >= 15 is 0 Å². The Balaban J connectivity index is 2.90. The van der Waals surface area contributed by atoms with Gasteiger partial charge in [0.15, 0.2) is 0 Å². The number of thiol groups is 1. The zero-order chi connectivity index (χ0) is 11.6. The van der Waals surface area contributed by atoms with Crippen LogP contribution in [0.15, 0.2) is 30.8 Å². The fourth-order valence-corrected chi connectivity index (χ4v) is 1.60. The molecule has 1 heteroatoms. The number of hydrogen-bond acceptors (Lipinski definition) is 1. The highest BCUT2D eigenvalue weighted by Crippen LogP contribution is 2.34. The fourth-order valence-electron chi connectivity index (χ4n) is 1.45. The monoisotopic (exact) mass is 220 g/mol. The summed E-state index contributed by atoms with van der Waals surface area (Å²) >= 11 is 4.64. The van der Waals surface area contributed by atoms with Crippen LogP contribution in [0.25, 0.3) is 5.57 Å². The Morgan fingerprint density at radius 3 is 2.07 bits per heavy atom. The predicted molar refractivity (Wildman–Crippen MR) is 72.4 cm³/mol. The van der Waals surface area contributed by atoms with Crippen LogP contribution >= 0.6 is 12.6 Å². The largest absolute Gasteiger partial charge is 0.171 e. The average molecular weight is 220 g/mol. The van der Waals surface area contributed by atoms with Crippen molar-refractivity contribution in [2.75, 3.05) is 0 Å². The Bertz CT molecular complexity index is 341. The maximum absolute atomic E-state index is 4.64. The topological polar surface area (TPSA) is 0 Å². The van der Waals surface area contributed by atoms with Crippen LogP contribution in [0.2, 0.25) is 0 Å². The number of benzene rings is 1. The molecule has 1 aromatic rings. The lowest BCUT2D eigenvalue weighted by atomic mass is 9.85. The van der Waals surface area contributed by atoms with Gasteiger partial charge in [0.25, 0.3) is 0 Å². The summed E-state index contributed by atoms with van der Waals surface area (Å²) in [5.74, 6) is 0.